The van der Waals surface area contributed by atoms with Crippen LogP contribution < -0.4 is 5.32 Å². The van der Waals surface area contributed by atoms with Gasteiger partial charge in [-0.15, -0.1) is 11.3 Å². The zero-order valence-corrected chi connectivity index (χ0v) is 12.5. The molecule has 0 aliphatic rings. The molecule has 4 nitrogen and oxygen atoms in total. The van der Waals surface area contributed by atoms with Gasteiger partial charge in [0.15, 0.2) is 0 Å². The Morgan fingerprint density at radius 3 is 2.68 bits per heavy atom. The number of hydrogen-bond acceptors (Lipinski definition) is 4. The van der Waals surface area contributed by atoms with Gasteiger partial charge in [0.1, 0.15) is 6.04 Å². The Kier molecular flexibility index (Phi) is 6.56. The van der Waals surface area contributed by atoms with Gasteiger partial charge >= 0.3 is 5.97 Å². The highest BCUT2D eigenvalue weighted by Crippen LogP contribution is 2.12. The van der Waals surface area contributed by atoms with Crippen LogP contribution in [0.15, 0.2) is 17.5 Å². The Labute approximate surface area is 118 Å². The molecule has 0 aliphatic heterocycles. The van der Waals surface area contributed by atoms with Gasteiger partial charge in [0, 0.05) is 11.3 Å². The number of amides is 1. The van der Waals surface area contributed by atoms with Crippen LogP contribution in [0.25, 0.3) is 0 Å². The number of esters is 1. The topological polar surface area (TPSA) is 55.4 Å². The molecule has 0 aliphatic carbocycles. The molecule has 0 radical (unpaired) electrons. The number of carbonyl (C=O) groups excluding carboxylic acids is 2. The number of nitrogens with one attached hydrogen (secondary N) is 1. The van der Waals surface area contributed by atoms with Crippen LogP contribution in [0.1, 0.15) is 31.6 Å². The van der Waals surface area contributed by atoms with Crippen LogP contribution in [0.5, 0.6) is 0 Å². The molecule has 1 aromatic heterocycles. The van der Waals surface area contributed by atoms with Crippen molar-refractivity contribution in [2.45, 2.75) is 39.2 Å². The smallest absolute Gasteiger partial charge is 0.328 e. The van der Waals surface area contributed by atoms with E-state index in [4.69, 9.17) is 0 Å². The van der Waals surface area contributed by atoms with Gasteiger partial charge < -0.3 is 10.1 Å². The first-order chi connectivity index (χ1) is 9.04. The van der Waals surface area contributed by atoms with Crippen molar-refractivity contribution in [1.82, 2.24) is 5.32 Å². The summed E-state index contributed by atoms with van der Waals surface area (Å²) in [6.45, 7) is 3.76. The van der Waals surface area contributed by atoms with E-state index in [0.717, 1.165) is 12.8 Å². The largest absolute Gasteiger partial charge is 0.467 e. The third-order valence-corrected chi connectivity index (χ3v) is 3.78. The van der Waals surface area contributed by atoms with E-state index in [2.05, 4.69) is 16.1 Å². The summed E-state index contributed by atoms with van der Waals surface area (Å²) >= 11 is 1.70. The lowest BCUT2D eigenvalue weighted by atomic mass is 10.0. The maximum Gasteiger partial charge on any atom is 0.328 e. The minimum atomic E-state index is -0.556. The van der Waals surface area contributed by atoms with Crippen molar-refractivity contribution >= 4 is 23.2 Å². The van der Waals surface area contributed by atoms with Crippen LogP contribution >= 0.6 is 11.3 Å². The zero-order valence-electron chi connectivity index (χ0n) is 11.6. The van der Waals surface area contributed by atoms with Gasteiger partial charge in [-0.3, -0.25) is 4.79 Å². The minimum Gasteiger partial charge on any atom is -0.467 e. The monoisotopic (exact) mass is 283 g/mol. The lowest BCUT2D eigenvalue weighted by Crippen LogP contribution is -2.44. The molecule has 0 fully saturated rings. The van der Waals surface area contributed by atoms with E-state index in [0.29, 0.717) is 6.42 Å². The Morgan fingerprint density at radius 1 is 1.42 bits per heavy atom. The summed E-state index contributed by atoms with van der Waals surface area (Å²) in [6.07, 6.45) is 2.12. The van der Waals surface area contributed by atoms with Crippen LogP contribution in [0.2, 0.25) is 0 Å². The van der Waals surface area contributed by atoms with E-state index < -0.39 is 6.04 Å². The average Bonchev–Trinajstić information content (AvgIpc) is 2.87. The van der Waals surface area contributed by atoms with Crippen molar-refractivity contribution in [2.75, 3.05) is 7.11 Å². The predicted octanol–water partition coefficient (Wildman–Crippen LogP) is 2.38. The summed E-state index contributed by atoms with van der Waals surface area (Å²) in [7, 11) is 1.33. The molecule has 1 rings (SSSR count). The molecule has 1 amide bonds. The van der Waals surface area contributed by atoms with Crippen LogP contribution in [-0.2, 0) is 20.7 Å². The molecule has 1 atom stereocenters. The molecule has 5 heteroatoms. The Bertz CT molecular complexity index is 401. The van der Waals surface area contributed by atoms with Gasteiger partial charge in [-0.1, -0.05) is 19.9 Å². The number of thiophene rings is 1. The first kappa shape index (κ1) is 15.7. The lowest BCUT2D eigenvalue weighted by Gasteiger charge is -2.19. The number of hydrogen-bond donors (Lipinski definition) is 1. The Morgan fingerprint density at radius 2 is 2.16 bits per heavy atom. The van der Waals surface area contributed by atoms with Gasteiger partial charge in [0.05, 0.1) is 7.11 Å². The first-order valence-electron chi connectivity index (χ1n) is 6.44. The standard InChI is InChI=1S/C14H21NO3S/c1-10(2)13(14(17)18-3)15-12(16)8-4-6-11-7-5-9-19-11/h5,7,9-10,13H,4,6,8H2,1-3H3,(H,15,16). The van der Waals surface area contributed by atoms with E-state index in [1.165, 1.54) is 12.0 Å². The van der Waals surface area contributed by atoms with Gasteiger partial charge in [-0.2, -0.15) is 0 Å². The highest BCUT2D eigenvalue weighted by molar-refractivity contribution is 7.09. The van der Waals surface area contributed by atoms with Gasteiger partial charge in [0.2, 0.25) is 5.91 Å². The summed E-state index contributed by atoms with van der Waals surface area (Å²) < 4.78 is 4.69. The van der Waals surface area contributed by atoms with Crippen molar-refractivity contribution in [2.24, 2.45) is 5.92 Å². The summed E-state index contributed by atoms with van der Waals surface area (Å²) in [6, 6.07) is 3.51. The normalized spacial score (nSPS) is 12.2. The molecule has 0 saturated heterocycles. The maximum absolute atomic E-state index is 11.8. The number of rotatable bonds is 7. The fourth-order valence-electron chi connectivity index (χ4n) is 1.75. The summed E-state index contributed by atoms with van der Waals surface area (Å²) in [4.78, 5) is 24.6. The molecule has 1 heterocycles. The molecule has 19 heavy (non-hydrogen) atoms. The highest BCUT2D eigenvalue weighted by atomic mass is 32.1. The first-order valence-corrected chi connectivity index (χ1v) is 7.32. The molecule has 1 N–H and O–H groups in total. The molecule has 0 aromatic carbocycles. The fraction of sp³-hybridized carbons (Fsp3) is 0.571. The summed E-state index contributed by atoms with van der Waals surface area (Å²) in [5.41, 5.74) is 0. The Balaban J connectivity index is 2.34. The van der Waals surface area contributed by atoms with E-state index in [1.54, 1.807) is 11.3 Å². The van der Waals surface area contributed by atoms with E-state index >= 15 is 0 Å². The molecule has 0 bridgehead atoms. The predicted molar refractivity (Wildman–Crippen MR) is 76.0 cm³/mol. The molecule has 1 unspecified atom stereocenters. The maximum atomic E-state index is 11.8. The number of carbonyl (C=O) groups is 2. The third-order valence-electron chi connectivity index (χ3n) is 2.85. The average molecular weight is 283 g/mol. The summed E-state index contributed by atoms with van der Waals surface area (Å²) in [5, 5.41) is 4.77. The quantitative estimate of drug-likeness (QED) is 0.782. The van der Waals surface area contributed by atoms with Gasteiger partial charge in [-0.05, 0) is 30.2 Å². The highest BCUT2D eigenvalue weighted by Gasteiger charge is 2.24. The number of aryl methyl sites for hydroxylation is 1. The second-order valence-electron chi connectivity index (χ2n) is 4.75. The van der Waals surface area contributed by atoms with Crippen molar-refractivity contribution in [1.29, 1.82) is 0 Å². The van der Waals surface area contributed by atoms with Crippen LogP contribution in [0, 0.1) is 5.92 Å². The summed E-state index contributed by atoms with van der Waals surface area (Å²) in [5.74, 6) is -0.462. The van der Waals surface area contributed by atoms with Crippen molar-refractivity contribution in [3.8, 4) is 0 Å². The molecular formula is C14H21NO3S. The molecule has 0 saturated carbocycles. The van der Waals surface area contributed by atoms with Gasteiger partial charge in [-0.25, -0.2) is 4.79 Å². The number of ether oxygens (including phenoxy) is 1. The minimum absolute atomic E-state index is 0.0219. The van der Waals surface area contributed by atoms with Crippen molar-refractivity contribution in [3.05, 3.63) is 22.4 Å². The molecule has 106 valence electrons. The molecular weight excluding hydrogens is 262 g/mol. The van der Waals surface area contributed by atoms with Crippen LogP contribution in [-0.4, -0.2) is 25.0 Å². The van der Waals surface area contributed by atoms with Crippen LogP contribution in [0.4, 0.5) is 0 Å². The third kappa shape index (κ3) is 5.42. The van der Waals surface area contributed by atoms with Crippen LogP contribution in [0.3, 0.4) is 0 Å². The van der Waals surface area contributed by atoms with Crippen molar-refractivity contribution < 1.29 is 14.3 Å². The fourth-order valence-corrected chi connectivity index (χ4v) is 2.50. The van der Waals surface area contributed by atoms with Crippen molar-refractivity contribution in [3.63, 3.8) is 0 Å². The van der Waals surface area contributed by atoms with E-state index in [-0.39, 0.29) is 17.8 Å². The second kappa shape index (κ2) is 7.94. The molecule has 0 spiro atoms. The molecule has 1 aromatic rings. The lowest BCUT2D eigenvalue weighted by molar-refractivity contribution is -0.146. The second-order valence-corrected chi connectivity index (χ2v) is 5.78. The number of methoxy groups -OCH3 is 1. The van der Waals surface area contributed by atoms with E-state index in [1.807, 2.05) is 25.3 Å². The zero-order chi connectivity index (χ0) is 14.3. The SMILES string of the molecule is COC(=O)C(NC(=O)CCCc1cccs1)C(C)C. The van der Waals surface area contributed by atoms with E-state index in [9.17, 15) is 9.59 Å². The van der Waals surface area contributed by atoms with Gasteiger partial charge in [0.25, 0.3) is 0 Å². The Hall–Kier alpha value is -1.36.